The molecule has 0 fully saturated rings. The smallest absolute Gasteiger partial charge is 0.146 e. The maximum atomic E-state index is 9.82. The van der Waals surface area contributed by atoms with Gasteiger partial charge in [-0.1, -0.05) is 304 Å². The van der Waals surface area contributed by atoms with Gasteiger partial charge in [0, 0.05) is 44.5 Å². The van der Waals surface area contributed by atoms with E-state index in [1.54, 1.807) is 0 Å². The fraction of sp³-hybridized carbons (Fsp3) is 0.630. The van der Waals surface area contributed by atoms with E-state index in [2.05, 4.69) is 204 Å². The molecular weight excluding hydrogens is 1150 g/mol. The molecule has 0 aliphatic carbocycles. The van der Waals surface area contributed by atoms with Gasteiger partial charge in [-0.3, -0.25) is 0 Å². The van der Waals surface area contributed by atoms with Crippen LogP contribution in [0, 0.1) is 58.8 Å². The molecule has 0 atom stereocenters. The summed E-state index contributed by atoms with van der Waals surface area (Å²) in [5.41, 5.74) is 26.2. The van der Waals surface area contributed by atoms with Crippen molar-refractivity contribution in [2.24, 2.45) is 0 Å². The Kier molecular flexibility index (Phi) is 42.0. The fourth-order valence-electron chi connectivity index (χ4n) is 14.4. The van der Waals surface area contributed by atoms with Crippen LogP contribution in [-0.4, -0.2) is 19.8 Å². The van der Waals surface area contributed by atoms with Gasteiger partial charge in [-0.05, 0) is 212 Å². The summed E-state index contributed by atoms with van der Waals surface area (Å²) in [7, 11) is -1.94. The van der Waals surface area contributed by atoms with Crippen molar-refractivity contribution in [1.29, 1.82) is 0 Å². The average Bonchev–Trinajstić information content (AvgIpc) is 0.854. The topological polar surface area (TPSA) is 20.2 Å². The van der Waals surface area contributed by atoms with Crippen LogP contribution in [0.4, 0.5) is 0 Å². The Morgan fingerprint density at radius 2 is 0.415 bits per heavy atom. The lowest BCUT2D eigenvalue weighted by Crippen LogP contribution is -2.43. The Morgan fingerprint density at radius 1 is 0.245 bits per heavy atom. The summed E-state index contributed by atoms with van der Waals surface area (Å²) < 4.78 is 0. The highest BCUT2D eigenvalue weighted by atomic mass is 28.3. The van der Waals surface area contributed by atoms with E-state index in [1.165, 1.54) is 245 Å². The van der Waals surface area contributed by atoms with Gasteiger partial charge in [0.2, 0.25) is 0 Å². The van der Waals surface area contributed by atoms with Crippen molar-refractivity contribution >= 4 is 8.07 Å². The second kappa shape index (κ2) is 48.5. The van der Waals surface area contributed by atoms with Gasteiger partial charge in [0.1, 0.15) is 14.7 Å². The number of aliphatic hydroxyl groups is 1. The number of aliphatic hydroxyl groups excluding tert-OH is 1. The molecule has 0 bridgehead atoms. The van der Waals surface area contributed by atoms with E-state index < -0.39 is 8.07 Å². The van der Waals surface area contributed by atoms with Gasteiger partial charge in [-0.2, -0.15) is 0 Å². The van der Waals surface area contributed by atoms with E-state index in [0.717, 1.165) is 101 Å². The number of hydrogen-bond acceptors (Lipinski definition) is 1. The largest absolute Gasteiger partial charge is 0.384 e. The summed E-state index contributed by atoms with van der Waals surface area (Å²) >= 11 is 0. The molecule has 0 spiro atoms. The van der Waals surface area contributed by atoms with Crippen molar-refractivity contribution in [3.63, 3.8) is 0 Å². The molecule has 4 aromatic carbocycles. The molecule has 0 radical (unpaired) electrons. The minimum absolute atomic E-state index is 0.127. The van der Waals surface area contributed by atoms with E-state index in [4.69, 9.17) is 0 Å². The maximum Gasteiger partial charge on any atom is 0.146 e. The third-order valence-electron chi connectivity index (χ3n) is 20.3. The Labute approximate surface area is 583 Å². The number of unbranched alkanes of at least 4 members (excludes halogenated alkanes) is 24. The van der Waals surface area contributed by atoms with Crippen LogP contribution in [0.5, 0.6) is 0 Å². The molecule has 0 saturated carbocycles. The van der Waals surface area contributed by atoms with Crippen molar-refractivity contribution < 1.29 is 5.11 Å². The van der Waals surface area contributed by atoms with E-state index in [0.29, 0.717) is 16.6 Å². The van der Waals surface area contributed by atoms with Gasteiger partial charge in [-0.15, -0.1) is 5.54 Å². The highest BCUT2D eigenvalue weighted by Gasteiger charge is 2.41. The van der Waals surface area contributed by atoms with Crippen molar-refractivity contribution in [3.05, 3.63) is 138 Å². The Morgan fingerprint density at radius 3 is 0.574 bits per heavy atom. The Hall–Kier alpha value is -5.14. The lowest BCUT2D eigenvalue weighted by Gasteiger charge is -2.38. The molecule has 1 nitrogen and oxygen atoms in total. The van der Waals surface area contributed by atoms with Crippen molar-refractivity contribution in [2.75, 3.05) is 6.61 Å². The molecule has 4 aromatic rings. The van der Waals surface area contributed by atoms with Crippen LogP contribution < -0.4 is 0 Å². The minimum Gasteiger partial charge on any atom is -0.384 e. The Balaban J connectivity index is 2.07. The third kappa shape index (κ3) is 28.5. The predicted molar refractivity (Wildman–Crippen MR) is 418 cm³/mol. The summed E-state index contributed by atoms with van der Waals surface area (Å²) in [6, 6.07) is 19.7. The molecule has 0 aliphatic heterocycles. The SMILES string of the molecule is CCCCCCc1cc(C#Cc2cc(CCCCCC)c(C#Cc3cc(CCCCCC)c(C#Cc4cc(CCCCCC)c(C#C[Si](C(C)C)(C(C)C)C(C)C)cc4CCCCCC)cc3CCCCCC)cc2CCCCCC)c(CCCCCC)cc1C#CCO. The van der Waals surface area contributed by atoms with Crippen molar-refractivity contribution in [1.82, 2.24) is 0 Å². The number of benzene rings is 4. The third-order valence-corrected chi connectivity index (χ3v) is 26.6. The van der Waals surface area contributed by atoms with Gasteiger partial charge in [0.15, 0.2) is 0 Å². The lowest BCUT2D eigenvalue weighted by molar-refractivity contribution is 0.350. The first-order chi connectivity index (χ1) is 45.8. The first-order valence-corrected chi connectivity index (χ1v) is 41.8. The minimum atomic E-state index is -1.94. The highest BCUT2D eigenvalue weighted by molar-refractivity contribution is 6.90. The molecule has 0 unspecified atom stereocenters. The first-order valence-electron chi connectivity index (χ1n) is 39.6. The second-order valence-corrected chi connectivity index (χ2v) is 34.6. The zero-order valence-corrected chi connectivity index (χ0v) is 64.3. The first kappa shape index (κ1) is 81.3. The fourth-order valence-corrected chi connectivity index (χ4v) is 19.6. The van der Waals surface area contributed by atoms with E-state index in [1.807, 2.05) is 0 Å². The summed E-state index contributed by atoms with van der Waals surface area (Å²) in [4.78, 5) is 0. The van der Waals surface area contributed by atoms with Crippen LogP contribution >= 0.6 is 0 Å². The van der Waals surface area contributed by atoms with E-state index >= 15 is 0 Å². The molecule has 94 heavy (non-hydrogen) atoms. The molecule has 0 amide bonds. The molecule has 2 heteroatoms. The summed E-state index contributed by atoms with van der Waals surface area (Å²) in [5.74, 6) is 34.0. The van der Waals surface area contributed by atoms with Crippen LogP contribution in [-0.2, 0) is 51.4 Å². The molecule has 0 aromatic heterocycles. The monoisotopic (exact) mass is 1290 g/mol. The van der Waals surface area contributed by atoms with E-state index in [-0.39, 0.29) is 6.61 Å². The zero-order valence-electron chi connectivity index (χ0n) is 63.3. The molecule has 0 aliphatic rings. The van der Waals surface area contributed by atoms with Gasteiger partial charge in [-0.25, -0.2) is 0 Å². The van der Waals surface area contributed by atoms with Crippen LogP contribution in [0.1, 0.15) is 391 Å². The van der Waals surface area contributed by atoms with Gasteiger partial charge in [0.05, 0.1) is 0 Å². The molecule has 0 heterocycles. The quantitative estimate of drug-likeness (QED) is 0.0266. The summed E-state index contributed by atoms with van der Waals surface area (Å²) in [6.45, 7) is 33.1. The molecule has 4 rings (SSSR count). The molecule has 514 valence electrons. The Bertz CT molecular complexity index is 3110. The normalized spacial score (nSPS) is 11.3. The van der Waals surface area contributed by atoms with Crippen LogP contribution in [0.2, 0.25) is 16.6 Å². The number of hydrogen-bond donors (Lipinski definition) is 1. The van der Waals surface area contributed by atoms with Crippen LogP contribution in [0.25, 0.3) is 0 Å². The highest BCUT2D eigenvalue weighted by Crippen LogP contribution is 2.41. The van der Waals surface area contributed by atoms with Crippen molar-refractivity contribution in [3.8, 4) is 58.8 Å². The second-order valence-electron chi connectivity index (χ2n) is 29.0. The predicted octanol–water partition coefficient (Wildman–Crippen LogP) is 25.8. The zero-order chi connectivity index (χ0) is 68.2. The average molecular weight is 1290 g/mol. The van der Waals surface area contributed by atoms with Gasteiger partial charge < -0.3 is 5.11 Å². The van der Waals surface area contributed by atoms with Crippen LogP contribution in [0.3, 0.4) is 0 Å². The molecule has 0 saturated heterocycles. The summed E-state index contributed by atoms with van der Waals surface area (Å²) in [6.07, 6.45) is 47.0. The molecule has 1 N–H and O–H groups in total. The number of rotatable bonds is 43. The van der Waals surface area contributed by atoms with Crippen molar-refractivity contribution in [2.45, 2.75) is 370 Å². The molecular formula is C92H136OSi. The summed E-state index contributed by atoms with van der Waals surface area (Å²) in [5, 5.41) is 9.82. The van der Waals surface area contributed by atoms with E-state index in [9.17, 15) is 5.11 Å². The van der Waals surface area contributed by atoms with Crippen LogP contribution in [0.15, 0.2) is 48.5 Å². The van der Waals surface area contributed by atoms with Gasteiger partial charge >= 0.3 is 0 Å². The maximum absolute atomic E-state index is 9.82. The standard InChI is InChI=1S/C92H136OSi/c1-15-23-31-39-48-77-67-86(78(49-40-32-24-16-2)66-85(77)56-47-64-93)57-58-87-68-80(51-42-34-26-18-4)88(69-79(87)50-41-33-25-17-3)59-60-89-70-82(53-44-36-28-20-6)90(71-81(89)52-43-35-27-19-5)61-62-91-72-84(55-46-38-30-22-8)92(73-83(91)54-45-37-29-21-7)63-65-94(74(9)10,75(11)12)76(13)14/h66-76,93H,15-46,48-55,64H2,1-14H3. The lowest BCUT2D eigenvalue weighted by atomic mass is 9.90. The van der Waals surface area contributed by atoms with Gasteiger partial charge in [0.25, 0.3) is 0 Å². The number of aryl methyl sites for hydroxylation is 8.